The molecule has 1 aromatic carbocycles. The molecule has 3 rings (SSSR count). The van der Waals surface area contributed by atoms with Crippen LogP contribution in [0.5, 0.6) is 0 Å². The maximum Gasteiger partial charge on any atom is 0.271 e. The number of benzene rings is 1. The molecular formula is C18H21ClN4O5S2. The van der Waals surface area contributed by atoms with Crippen LogP contribution in [0.1, 0.15) is 12.0 Å². The van der Waals surface area contributed by atoms with E-state index in [4.69, 9.17) is 11.6 Å². The van der Waals surface area contributed by atoms with Crippen LogP contribution >= 0.6 is 22.9 Å². The van der Waals surface area contributed by atoms with Crippen molar-refractivity contribution in [3.63, 3.8) is 0 Å². The number of hydrogen-bond acceptors (Lipinski definition) is 7. The summed E-state index contributed by atoms with van der Waals surface area (Å²) in [6, 6.07) is 7.40. The Kier molecular flexibility index (Phi) is 7.09. The van der Waals surface area contributed by atoms with Crippen LogP contribution in [0.3, 0.4) is 0 Å². The lowest BCUT2D eigenvalue weighted by molar-refractivity contribution is -0.384. The molecule has 9 nitrogen and oxygen atoms in total. The third-order valence-electron chi connectivity index (χ3n) is 4.84. The molecule has 0 aliphatic carbocycles. The van der Waals surface area contributed by atoms with Gasteiger partial charge in [-0.1, -0.05) is 17.7 Å². The topological polar surface area (TPSA) is 113 Å². The van der Waals surface area contributed by atoms with Gasteiger partial charge in [0.25, 0.3) is 15.7 Å². The number of anilines is 1. The Balaban J connectivity index is 1.49. The fourth-order valence-electron chi connectivity index (χ4n) is 3.09. The van der Waals surface area contributed by atoms with Gasteiger partial charge in [-0.05, 0) is 24.6 Å². The highest BCUT2D eigenvalue weighted by molar-refractivity contribution is 7.91. The van der Waals surface area contributed by atoms with Gasteiger partial charge in [0, 0.05) is 51.3 Å². The molecule has 1 saturated heterocycles. The number of non-ortho nitro benzene ring substituents is 1. The van der Waals surface area contributed by atoms with Crippen LogP contribution in [0.2, 0.25) is 4.34 Å². The number of aryl methyl sites for hydroxylation is 1. The summed E-state index contributed by atoms with van der Waals surface area (Å²) < 4.78 is 27.3. The summed E-state index contributed by atoms with van der Waals surface area (Å²) in [5.74, 6) is -0.248. The summed E-state index contributed by atoms with van der Waals surface area (Å²) >= 11 is 6.88. The number of carbonyl (C=O) groups excluding carboxylic acids is 1. The number of rotatable bonds is 7. The third kappa shape index (κ3) is 5.35. The number of hydrogen-bond donors (Lipinski definition) is 1. The predicted molar refractivity (Wildman–Crippen MR) is 116 cm³/mol. The maximum absolute atomic E-state index is 12.6. The van der Waals surface area contributed by atoms with Gasteiger partial charge in [0.1, 0.15) is 4.21 Å². The van der Waals surface area contributed by atoms with E-state index in [1.165, 1.54) is 22.5 Å². The minimum absolute atomic E-state index is 0.0831. The first-order valence-electron chi connectivity index (χ1n) is 9.19. The number of amides is 1. The molecule has 12 heteroatoms. The number of nitrogens with zero attached hydrogens (tertiary/aromatic N) is 3. The van der Waals surface area contributed by atoms with Crippen molar-refractivity contribution in [1.82, 2.24) is 9.21 Å². The van der Waals surface area contributed by atoms with E-state index in [0.29, 0.717) is 42.7 Å². The Morgan fingerprint density at radius 3 is 2.53 bits per heavy atom. The molecule has 1 amide bonds. The average Bonchev–Trinajstić information content (AvgIpc) is 3.15. The summed E-state index contributed by atoms with van der Waals surface area (Å²) in [6.45, 7) is 3.94. The highest BCUT2D eigenvalue weighted by Gasteiger charge is 2.29. The number of thiophene rings is 1. The van der Waals surface area contributed by atoms with Gasteiger partial charge in [0.2, 0.25) is 5.91 Å². The molecule has 0 spiro atoms. The van der Waals surface area contributed by atoms with E-state index in [1.54, 1.807) is 19.1 Å². The molecule has 0 saturated carbocycles. The molecular weight excluding hydrogens is 452 g/mol. The molecule has 0 unspecified atom stereocenters. The zero-order valence-electron chi connectivity index (χ0n) is 16.2. The number of nitrogens with one attached hydrogen (secondary N) is 1. The minimum atomic E-state index is -3.55. The van der Waals surface area contributed by atoms with Crippen molar-refractivity contribution in [2.24, 2.45) is 0 Å². The van der Waals surface area contributed by atoms with E-state index in [0.717, 1.165) is 16.9 Å². The van der Waals surface area contributed by atoms with Crippen molar-refractivity contribution < 1.29 is 18.1 Å². The van der Waals surface area contributed by atoms with Crippen molar-refractivity contribution in [3.05, 3.63) is 50.3 Å². The van der Waals surface area contributed by atoms with Crippen molar-refractivity contribution in [3.8, 4) is 0 Å². The lowest BCUT2D eigenvalue weighted by atomic mass is 10.1. The Morgan fingerprint density at radius 2 is 1.93 bits per heavy atom. The van der Waals surface area contributed by atoms with Gasteiger partial charge in [-0.2, -0.15) is 4.31 Å². The van der Waals surface area contributed by atoms with Gasteiger partial charge in [-0.25, -0.2) is 8.42 Å². The number of nitro benzene ring substituents is 1. The number of carbonyl (C=O) groups is 1. The number of halogens is 1. The second kappa shape index (κ2) is 9.40. The monoisotopic (exact) mass is 472 g/mol. The quantitative estimate of drug-likeness (QED) is 0.489. The van der Waals surface area contributed by atoms with Crippen LogP contribution in [0.25, 0.3) is 0 Å². The molecule has 162 valence electrons. The second-order valence-corrected chi connectivity index (χ2v) is 10.7. The summed E-state index contributed by atoms with van der Waals surface area (Å²) in [6.07, 6.45) is 0.204. The Hall–Kier alpha value is -2.05. The lowest BCUT2D eigenvalue weighted by Crippen LogP contribution is -2.48. The lowest BCUT2D eigenvalue weighted by Gasteiger charge is -2.33. The Labute approximate surface area is 183 Å². The normalized spacial score (nSPS) is 15.8. The first kappa shape index (κ1) is 22.6. The number of nitro groups is 1. The van der Waals surface area contributed by atoms with Crippen molar-refractivity contribution in [2.45, 2.75) is 17.6 Å². The van der Waals surface area contributed by atoms with Gasteiger partial charge in [0.15, 0.2) is 0 Å². The zero-order chi connectivity index (χ0) is 21.9. The zero-order valence-corrected chi connectivity index (χ0v) is 18.6. The van der Waals surface area contributed by atoms with E-state index in [9.17, 15) is 23.3 Å². The van der Waals surface area contributed by atoms with Crippen LogP contribution in [-0.2, 0) is 14.8 Å². The van der Waals surface area contributed by atoms with Gasteiger partial charge >= 0.3 is 0 Å². The van der Waals surface area contributed by atoms with Gasteiger partial charge in [0.05, 0.1) is 14.9 Å². The molecule has 1 aliphatic rings. The molecule has 1 aromatic heterocycles. The average molecular weight is 473 g/mol. The molecule has 1 N–H and O–H groups in total. The Morgan fingerprint density at radius 1 is 1.23 bits per heavy atom. The molecule has 1 aliphatic heterocycles. The largest absolute Gasteiger partial charge is 0.326 e. The molecule has 0 bridgehead atoms. The van der Waals surface area contributed by atoms with E-state index in [2.05, 4.69) is 5.32 Å². The number of sulfonamides is 1. The third-order valence-corrected chi connectivity index (χ3v) is 8.43. The van der Waals surface area contributed by atoms with Crippen LogP contribution < -0.4 is 5.32 Å². The van der Waals surface area contributed by atoms with Gasteiger partial charge < -0.3 is 10.2 Å². The first-order valence-corrected chi connectivity index (χ1v) is 11.8. The molecule has 0 atom stereocenters. The highest BCUT2D eigenvalue weighted by Crippen LogP contribution is 2.28. The second-order valence-electron chi connectivity index (χ2n) is 6.86. The van der Waals surface area contributed by atoms with Crippen LogP contribution in [0.15, 0.2) is 34.5 Å². The predicted octanol–water partition coefficient (Wildman–Crippen LogP) is 2.95. The van der Waals surface area contributed by atoms with Gasteiger partial charge in [-0.3, -0.25) is 14.9 Å². The number of piperazine rings is 1. The van der Waals surface area contributed by atoms with Crippen LogP contribution in [0.4, 0.5) is 11.4 Å². The standard InChI is InChI=1S/C18H21ClN4O5S2/c1-13-2-3-14(23(25)26)12-15(13)20-17(24)6-7-21-8-10-22(11-9-21)30(27,28)18-5-4-16(19)29-18/h2-5,12H,6-11H2,1H3,(H,20,24). The summed E-state index contributed by atoms with van der Waals surface area (Å²) in [7, 11) is -3.55. The molecule has 0 radical (unpaired) electrons. The summed E-state index contributed by atoms with van der Waals surface area (Å²) in [4.78, 5) is 24.7. The van der Waals surface area contributed by atoms with E-state index in [-0.39, 0.29) is 22.2 Å². The van der Waals surface area contributed by atoms with E-state index in [1.807, 2.05) is 4.90 Å². The molecule has 1 fully saturated rings. The smallest absolute Gasteiger partial charge is 0.271 e. The molecule has 2 heterocycles. The molecule has 30 heavy (non-hydrogen) atoms. The van der Waals surface area contributed by atoms with Crippen LogP contribution in [-0.4, -0.2) is 61.2 Å². The van der Waals surface area contributed by atoms with Crippen LogP contribution in [0, 0.1) is 17.0 Å². The van der Waals surface area contributed by atoms with Crippen molar-refractivity contribution in [2.75, 3.05) is 38.0 Å². The van der Waals surface area contributed by atoms with Crippen molar-refractivity contribution >= 4 is 50.2 Å². The van der Waals surface area contributed by atoms with Gasteiger partial charge in [-0.15, -0.1) is 11.3 Å². The van der Waals surface area contributed by atoms with Crippen molar-refractivity contribution in [1.29, 1.82) is 0 Å². The summed E-state index contributed by atoms with van der Waals surface area (Å²) in [5, 5.41) is 13.6. The fourth-order valence-corrected chi connectivity index (χ4v) is 6.15. The van der Waals surface area contributed by atoms with E-state index < -0.39 is 14.9 Å². The van der Waals surface area contributed by atoms with E-state index >= 15 is 0 Å². The first-order chi connectivity index (χ1) is 14.2. The SMILES string of the molecule is Cc1ccc([N+](=O)[O-])cc1NC(=O)CCN1CCN(S(=O)(=O)c2ccc(Cl)s2)CC1. The highest BCUT2D eigenvalue weighted by atomic mass is 35.5. The molecule has 2 aromatic rings. The minimum Gasteiger partial charge on any atom is -0.326 e. The summed E-state index contributed by atoms with van der Waals surface area (Å²) in [5.41, 5.74) is 1.07. The Bertz CT molecular complexity index is 1050. The fraction of sp³-hybridized carbons (Fsp3) is 0.389. The maximum atomic E-state index is 12.6.